The lowest BCUT2D eigenvalue weighted by Gasteiger charge is -2.45. The zero-order valence-electron chi connectivity index (χ0n) is 22.4. The molecule has 0 aliphatic carbocycles. The summed E-state index contributed by atoms with van der Waals surface area (Å²) in [6.45, 7) is 9.40. The van der Waals surface area contributed by atoms with Gasteiger partial charge in [0, 0.05) is 34.1 Å². The van der Waals surface area contributed by atoms with Crippen LogP contribution < -0.4 is 26.2 Å². The van der Waals surface area contributed by atoms with Gasteiger partial charge in [-0.3, -0.25) is 0 Å². The molecule has 7 rings (SSSR count). The number of anilines is 6. The Balaban J connectivity index is 1.60. The van der Waals surface area contributed by atoms with Crippen molar-refractivity contribution in [2.45, 2.75) is 33.1 Å². The molecule has 0 bridgehead atoms. The van der Waals surface area contributed by atoms with Crippen molar-refractivity contribution < 1.29 is 0 Å². The highest BCUT2D eigenvalue weighted by Gasteiger charge is 2.44. The fourth-order valence-electron chi connectivity index (χ4n) is 6.36. The van der Waals surface area contributed by atoms with Gasteiger partial charge in [-0.15, -0.1) is 0 Å². The molecular weight excluding hydrogens is 459 g/mol. The van der Waals surface area contributed by atoms with Crippen LogP contribution in [-0.2, 0) is 5.41 Å². The Labute approximate surface area is 226 Å². The monoisotopic (exact) mass is 490 g/mol. The molecule has 2 heterocycles. The Morgan fingerprint density at radius 3 is 1.66 bits per heavy atom. The fourth-order valence-corrected chi connectivity index (χ4v) is 6.36. The third kappa shape index (κ3) is 3.35. The lowest BCUT2D eigenvalue weighted by Crippen LogP contribution is -2.62. The standard InChI is InChI=1S/C35H31BN2/c1-24-22-25(35(2,3)4)23-32-33(24)36-28-18-11-12-19-29(28)37(26-14-7-5-8-15-26)30-20-13-21-31(34(30)36)38(32)27-16-9-6-10-17-27/h5-23H,1-4H3. The summed E-state index contributed by atoms with van der Waals surface area (Å²) in [6, 6.07) is 42.3. The summed E-state index contributed by atoms with van der Waals surface area (Å²) in [6.07, 6.45) is 0. The summed E-state index contributed by atoms with van der Waals surface area (Å²) < 4.78 is 0. The van der Waals surface area contributed by atoms with Gasteiger partial charge in [-0.1, -0.05) is 93.1 Å². The summed E-state index contributed by atoms with van der Waals surface area (Å²) in [5.41, 5.74) is 14.3. The van der Waals surface area contributed by atoms with Crippen LogP contribution in [0.5, 0.6) is 0 Å². The van der Waals surface area contributed by atoms with Crippen molar-refractivity contribution in [2.75, 3.05) is 9.80 Å². The van der Waals surface area contributed by atoms with Crippen LogP contribution in [0.15, 0.2) is 115 Å². The van der Waals surface area contributed by atoms with Gasteiger partial charge in [0.05, 0.1) is 0 Å². The molecule has 0 radical (unpaired) electrons. The Morgan fingerprint density at radius 2 is 1.05 bits per heavy atom. The highest BCUT2D eigenvalue weighted by atomic mass is 15.2. The van der Waals surface area contributed by atoms with Gasteiger partial charge in [0.25, 0.3) is 6.71 Å². The maximum atomic E-state index is 2.49. The predicted octanol–water partition coefficient (Wildman–Crippen LogP) is 7.38. The molecule has 5 aromatic rings. The van der Waals surface area contributed by atoms with Crippen LogP contribution in [0.25, 0.3) is 0 Å². The lowest BCUT2D eigenvalue weighted by atomic mass is 9.32. The van der Waals surface area contributed by atoms with Gasteiger partial charge in [0.2, 0.25) is 0 Å². The van der Waals surface area contributed by atoms with Crippen LogP contribution in [-0.4, -0.2) is 6.71 Å². The lowest BCUT2D eigenvalue weighted by molar-refractivity contribution is 0.590. The molecule has 0 unspecified atom stereocenters. The van der Waals surface area contributed by atoms with Crippen LogP contribution in [0.1, 0.15) is 31.9 Å². The highest BCUT2D eigenvalue weighted by molar-refractivity contribution is 7.00. The third-order valence-electron chi connectivity index (χ3n) is 8.11. The minimum Gasteiger partial charge on any atom is -0.311 e. The van der Waals surface area contributed by atoms with E-state index in [-0.39, 0.29) is 12.1 Å². The van der Waals surface area contributed by atoms with E-state index in [1.807, 2.05) is 0 Å². The van der Waals surface area contributed by atoms with E-state index in [9.17, 15) is 0 Å². The smallest absolute Gasteiger partial charge is 0.252 e. The summed E-state index contributed by atoms with van der Waals surface area (Å²) in [7, 11) is 0. The molecule has 0 atom stereocenters. The number of rotatable bonds is 2. The summed E-state index contributed by atoms with van der Waals surface area (Å²) in [5.74, 6) is 0. The number of aryl methyl sites for hydroxylation is 1. The van der Waals surface area contributed by atoms with Crippen molar-refractivity contribution in [3.8, 4) is 0 Å². The topological polar surface area (TPSA) is 6.48 Å². The Hall–Kier alpha value is -4.24. The maximum Gasteiger partial charge on any atom is 0.252 e. The summed E-state index contributed by atoms with van der Waals surface area (Å²) in [4.78, 5) is 4.93. The van der Waals surface area contributed by atoms with Gasteiger partial charge in [-0.2, -0.15) is 0 Å². The second kappa shape index (κ2) is 8.39. The first-order valence-corrected chi connectivity index (χ1v) is 13.5. The first-order valence-electron chi connectivity index (χ1n) is 13.5. The molecular formula is C35H31BN2. The average Bonchev–Trinajstić information content (AvgIpc) is 2.93. The quantitative estimate of drug-likeness (QED) is 0.234. The van der Waals surface area contributed by atoms with E-state index in [0.29, 0.717) is 0 Å². The van der Waals surface area contributed by atoms with Crippen LogP contribution in [0, 0.1) is 6.92 Å². The molecule has 0 spiro atoms. The number of para-hydroxylation sites is 3. The number of nitrogens with zero attached hydrogens (tertiary/aromatic N) is 2. The molecule has 3 heteroatoms. The molecule has 2 nitrogen and oxygen atoms in total. The van der Waals surface area contributed by atoms with Gasteiger partial charge in [0.1, 0.15) is 0 Å². The van der Waals surface area contributed by atoms with Gasteiger partial charge in [-0.05, 0) is 82.8 Å². The zero-order chi connectivity index (χ0) is 26.0. The van der Waals surface area contributed by atoms with E-state index >= 15 is 0 Å². The van der Waals surface area contributed by atoms with Crippen molar-refractivity contribution in [1.82, 2.24) is 0 Å². The van der Waals surface area contributed by atoms with Crippen molar-refractivity contribution in [2.24, 2.45) is 0 Å². The van der Waals surface area contributed by atoms with E-state index in [1.54, 1.807) is 0 Å². The Morgan fingerprint density at radius 1 is 0.526 bits per heavy atom. The second-order valence-electron chi connectivity index (χ2n) is 11.5. The van der Waals surface area contributed by atoms with Crippen LogP contribution in [0.3, 0.4) is 0 Å². The first-order chi connectivity index (χ1) is 18.4. The molecule has 0 N–H and O–H groups in total. The van der Waals surface area contributed by atoms with Gasteiger partial charge in [-0.25, -0.2) is 0 Å². The van der Waals surface area contributed by atoms with Crippen LogP contribution >= 0.6 is 0 Å². The highest BCUT2D eigenvalue weighted by Crippen LogP contribution is 2.44. The molecule has 0 amide bonds. The predicted molar refractivity (Wildman–Crippen MR) is 164 cm³/mol. The molecule has 2 aliphatic rings. The van der Waals surface area contributed by atoms with Crippen molar-refractivity contribution in [3.63, 3.8) is 0 Å². The van der Waals surface area contributed by atoms with E-state index in [0.717, 1.165) is 0 Å². The third-order valence-corrected chi connectivity index (χ3v) is 8.11. The summed E-state index contributed by atoms with van der Waals surface area (Å²) >= 11 is 0. The maximum absolute atomic E-state index is 2.49. The summed E-state index contributed by atoms with van der Waals surface area (Å²) in [5, 5.41) is 0. The number of hydrogen-bond acceptors (Lipinski definition) is 2. The van der Waals surface area contributed by atoms with Gasteiger partial charge >= 0.3 is 0 Å². The fraction of sp³-hybridized carbons (Fsp3) is 0.143. The average molecular weight is 490 g/mol. The van der Waals surface area contributed by atoms with Crippen LogP contribution in [0.4, 0.5) is 34.1 Å². The van der Waals surface area contributed by atoms with Crippen molar-refractivity contribution >= 4 is 57.2 Å². The van der Waals surface area contributed by atoms with Crippen LogP contribution in [0.2, 0.25) is 0 Å². The van der Waals surface area contributed by atoms with E-state index in [1.165, 1.54) is 61.6 Å². The number of hydrogen-bond donors (Lipinski definition) is 0. The second-order valence-corrected chi connectivity index (χ2v) is 11.5. The molecule has 0 fully saturated rings. The molecule has 0 saturated heterocycles. The normalized spacial score (nSPS) is 13.6. The zero-order valence-corrected chi connectivity index (χ0v) is 22.4. The Bertz CT molecular complexity index is 1670. The van der Waals surface area contributed by atoms with Gasteiger partial charge < -0.3 is 9.80 Å². The van der Waals surface area contributed by atoms with Gasteiger partial charge in [0.15, 0.2) is 0 Å². The van der Waals surface area contributed by atoms with E-state index < -0.39 is 0 Å². The minimum absolute atomic E-state index is 0.0544. The molecule has 2 aliphatic heterocycles. The first kappa shape index (κ1) is 22.9. The largest absolute Gasteiger partial charge is 0.311 e. The number of fused-ring (bicyclic) bond motifs is 4. The van der Waals surface area contributed by atoms with E-state index in [4.69, 9.17) is 0 Å². The number of benzene rings is 5. The molecule has 5 aromatic carbocycles. The van der Waals surface area contributed by atoms with Crippen molar-refractivity contribution in [1.29, 1.82) is 0 Å². The minimum atomic E-state index is 0.0544. The molecule has 0 saturated carbocycles. The molecule has 0 aromatic heterocycles. The van der Waals surface area contributed by atoms with E-state index in [2.05, 4.69) is 153 Å². The molecule has 184 valence electrons. The SMILES string of the molecule is Cc1cc(C(C)(C)C)cc2c1B1c3ccccc3N(c3ccccc3)c3cccc(c31)N2c1ccccc1. The molecule has 38 heavy (non-hydrogen) atoms. The Kier molecular flexibility index (Phi) is 5.06. The van der Waals surface area contributed by atoms with Crippen molar-refractivity contribution in [3.05, 3.63) is 126 Å².